The molecule has 0 saturated heterocycles. The number of benzene rings is 1. The predicted molar refractivity (Wildman–Crippen MR) is 60.0 cm³/mol. The van der Waals surface area contributed by atoms with E-state index >= 15 is 0 Å². The highest BCUT2D eigenvalue weighted by Crippen LogP contribution is 2.35. The number of hydrogen-bond acceptors (Lipinski definition) is 4. The molecule has 0 atom stereocenters. The van der Waals surface area contributed by atoms with Gasteiger partial charge in [-0.05, 0) is 42.5 Å². The van der Waals surface area contributed by atoms with Crippen LogP contribution in [0.25, 0.3) is 11.3 Å². The molecule has 0 radical (unpaired) electrons. The van der Waals surface area contributed by atoms with Gasteiger partial charge in [0.2, 0.25) is 0 Å². The first kappa shape index (κ1) is 9.27. The number of nitrogen functional groups attached to an aromatic ring is 1. The van der Waals surface area contributed by atoms with Gasteiger partial charge < -0.3 is 15.4 Å². The molecule has 16 heavy (non-hydrogen) atoms. The van der Waals surface area contributed by atoms with Gasteiger partial charge in [0.1, 0.15) is 5.75 Å². The summed E-state index contributed by atoms with van der Waals surface area (Å²) >= 11 is 0. The maximum atomic E-state index is 9.91. The summed E-state index contributed by atoms with van der Waals surface area (Å²) in [6.45, 7) is 0. The first-order valence-electron chi connectivity index (χ1n) is 5.31. The zero-order chi connectivity index (χ0) is 11.1. The highest BCUT2D eigenvalue weighted by atomic mass is 16.5. The molecule has 3 rings (SSSR count). The van der Waals surface area contributed by atoms with Crippen molar-refractivity contribution in [3.8, 4) is 17.1 Å². The van der Waals surface area contributed by atoms with Crippen molar-refractivity contribution in [1.82, 2.24) is 5.16 Å². The van der Waals surface area contributed by atoms with Crippen LogP contribution in [-0.2, 0) is 12.8 Å². The van der Waals surface area contributed by atoms with Gasteiger partial charge in [-0.3, -0.25) is 0 Å². The lowest BCUT2D eigenvalue weighted by molar-refractivity contribution is 0.429. The Hall–Kier alpha value is -1.97. The second-order valence-corrected chi connectivity index (χ2v) is 4.11. The Morgan fingerprint density at radius 1 is 1.19 bits per heavy atom. The zero-order valence-corrected chi connectivity index (χ0v) is 8.73. The van der Waals surface area contributed by atoms with Gasteiger partial charge in [-0.25, -0.2) is 0 Å². The number of hydrogen-bond donors (Lipinski definition) is 2. The summed E-state index contributed by atoms with van der Waals surface area (Å²) in [5, 5.41) is 13.5. The lowest BCUT2D eigenvalue weighted by atomic mass is 10.0. The summed E-state index contributed by atoms with van der Waals surface area (Å²) in [7, 11) is 0. The average Bonchev–Trinajstić information content (AvgIpc) is 2.84. The predicted octanol–water partition coefficient (Wildman–Crippen LogP) is 2.12. The lowest BCUT2D eigenvalue weighted by Gasteiger charge is -2.04. The first-order chi connectivity index (χ1) is 7.74. The fourth-order valence-corrected chi connectivity index (χ4v) is 2.22. The van der Waals surface area contributed by atoms with Crippen LogP contribution in [0.1, 0.15) is 17.5 Å². The van der Waals surface area contributed by atoms with E-state index in [9.17, 15) is 5.11 Å². The van der Waals surface area contributed by atoms with E-state index in [4.69, 9.17) is 10.3 Å². The lowest BCUT2D eigenvalue weighted by Crippen LogP contribution is -1.85. The second kappa shape index (κ2) is 3.27. The van der Waals surface area contributed by atoms with Crippen LogP contribution in [0.3, 0.4) is 0 Å². The Kier molecular flexibility index (Phi) is 1.89. The molecule has 2 aromatic rings. The van der Waals surface area contributed by atoms with Crippen LogP contribution in [0.15, 0.2) is 22.7 Å². The van der Waals surface area contributed by atoms with Crippen LogP contribution in [0.5, 0.6) is 5.75 Å². The molecule has 82 valence electrons. The Morgan fingerprint density at radius 2 is 1.94 bits per heavy atom. The van der Waals surface area contributed by atoms with Gasteiger partial charge in [0.05, 0.1) is 5.56 Å². The molecular formula is C12H12N2O2. The largest absolute Gasteiger partial charge is 0.507 e. The number of aryl methyl sites for hydroxylation is 2. The molecule has 0 aliphatic heterocycles. The van der Waals surface area contributed by atoms with E-state index in [0.717, 1.165) is 19.3 Å². The SMILES string of the molecule is Nc1cc(-c2cc3c(cc2O)CCC3)on1. The molecule has 1 aliphatic rings. The Morgan fingerprint density at radius 3 is 2.62 bits per heavy atom. The van der Waals surface area contributed by atoms with Gasteiger partial charge in [0, 0.05) is 6.07 Å². The molecule has 1 aromatic carbocycles. The van der Waals surface area contributed by atoms with Gasteiger partial charge in [-0.2, -0.15) is 0 Å². The van der Waals surface area contributed by atoms with Crippen molar-refractivity contribution in [1.29, 1.82) is 0 Å². The summed E-state index contributed by atoms with van der Waals surface area (Å²) in [5.41, 5.74) is 8.67. The molecule has 3 N–H and O–H groups in total. The normalized spacial score (nSPS) is 14.0. The molecule has 0 bridgehead atoms. The first-order valence-corrected chi connectivity index (χ1v) is 5.31. The molecule has 0 saturated carbocycles. The number of aromatic nitrogens is 1. The molecule has 4 heteroatoms. The van der Waals surface area contributed by atoms with Crippen molar-refractivity contribution in [2.75, 3.05) is 5.73 Å². The van der Waals surface area contributed by atoms with Crippen molar-refractivity contribution in [2.45, 2.75) is 19.3 Å². The average molecular weight is 216 g/mol. The van der Waals surface area contributed by atoms with E-state index in [1.165, 1.54) is 11.1 Å². The number of rotatable bonds is 1. The number of nitrogens with zero attached hydrogens (tertiary/aromatic N) is 1. The number of phenolic OH excluding ortho intramolecular Hbond substituents is 1. The van der Waals surface area contributed by atoms with E-state index < -0.39 is 0 Å². The number of fused-ring (bicyclic) bond motifs is 1. The van der Waals surface area contributed by atoms with Crippen molar-refractivity contribution in [3.63, 3.8) is 0 Å². The molecule has 0 fully saturated rings. The van der Waals surface area contributed by atoms with Crippen LogP contribution in [0, 0.1) is 0 Å². The van der Waals surface area contributed by atoms with Gasteiger partial charge in [0.25, 0.3) is 0 Å². The smallest absolute Gasteiger partial charge is 0.172 e. The molecule has 1 aromatic heterocycles. The third-order valence-electron chi connectivity index (χ3n) is 3.00. The molecule has 1 aliphatic carbocycles. The van der Waals surface area contributed by atoms with Crippen LogP contribution in [0.4, 0.5) is 5.82 Å². The minimum Gasteiger partial charge on any atom is -0.507 e. The molecule has 0 spiro atoms. The minimum absolute atomic E-state index is 0.233. The quantitative estimate of drug-likeness (QED) is 0.765. The van der Waals surface area contributed by atoms with Gasteiger partial charge in [-0.1, -0.05) is 5.16 Å². The minimum atomic E-state index is 0.233. The van der Waals surface area contributed by atoms with Crippen molar-refractivity contribution < 1.29 is 9.63 Å². The number of nitrogens with two attached hydrogens (primary N) is 1. The van der Waals surface area contributed by atoms with Gasteiger partial charge in [0.15, 0.2) is 11.6 Å². The van der Waals surface area contributed by atoms with E-state index in [0.29, 0.717) is 17.1 Å². The highest BCUT2D eigenvalue weighted by molar-refractivity contribution is 5.69. The summed E-state index contributed by atoms with van der Waals surface area (Å²) in [6, 6.07) is 5.41. The van der Waals surface area contributed by atoms with E-state index in [1.807, 2.05) is 12.1 Å². The zero-order valence-electron chi connectivity index (χ0n) is 8.73. The monoisotopic (exact) mass is 216 g/mol. The standard InChI is InChI=1S/C12H12N2O2/c13-12-6-11(16-14-12)9-4-7-2-1-3-8(7)5-10(9)15/h4-6,15H,1-3H2,(H2,13,14). The van der Waals surface area contributed by atoms with Crippen LogP contribution >= 0.6 is 0 Å². The van der Waals surface area contributed by atoms with Gasteiger partial charge >= 0.3 is 0 Å². The van der Waals surface area contributed by atoms with Crippen molar-refractivity contribution in [2.24, 2.45) is 0 Å². The van der Waals surface area contributed by atoms with Crippen LogP contribution in [-0.4, -0.2) is 10.3 Å². The Labute approximate surface area is 92.7 Å². The molecular weight excluding hydrogens is 204 g/mol. The van der Waals surface area contributed by atoms with Gasteiger partial charge in [-0.15, -0.1) is 0 Å². The maximum Gasteiger partial charge on any atom is 0.172 e. The van der Waals surface area contributed by atoms with Crippen molar-refractivity contribution in [3.05, 3.63) is 29.3 Å². The molecule has 0 unspecified atom stereocenters. The number of aromatic hydroxyl groups is 1. The summed E-state index contributed by atoms with van der Waals surface area (Å²) in [6.07, 6.45) is 3.25. The molecule has 0 amide bonds. The summed E-state index contributed by atoms with van der Waals surface area (Å²) in [4.78, 5) is 0. The Bertz CT molecular complexity index is 546. The number of phenols is 1. The van der Waals surface area contributed by atoms with E-state index in [-0.39, 0.29) is 5.75 Å². The highest BCUT2D eigenvalue weighted by Gasteiger charge is 2.17. The third-order valence-corrected chi connectivity index (χ3v) is 3.00. The van der Waals surface area contributed by atoms with E-state index in [1.54, 1.807) is 6.07 Å². The van der Waals surface area contributed by atoms with Crippen LogP contribution < -0.4 is 5.73 Å². The fourth-order valence-electron chi connectivity index (χ4n) is 2.22. The third kappa shape index (κ3) is 1.34. The second-order valence-electron chi connectivity index (χ2n) is 4.11. The Balaban J connectivity index is 2.14. The summed E-state index contributed by atoms with van der Waals surface area (Å²) in [5.74, 6) is 1.08. The van der Waals surface area contributed by atoms with E-state index in [2.05, 4.69) is 5.16 Å². The fraction of sp³-hybridized carbons (Fsp3) is 0.250. The topological polar surface area (TPSA) is 72.3 Å². The van der Waals surface area contributed by atoms with Crippen molar-refractivity contribution >= 4 is 5.82 Å². The maximum absolute atomic E-state index is 9.91. The molecule has 4 nitrogen and oxygen atoms in total. The van der Waals surface area contributed by atoms with Crippen LogP contribution in [0.2, 0.25) is 0 Å². The summed E-state index contributed by atoms with van der Waals surface area (Å²) < 4.78 is 5.06. The molecule has 1 heterocycles. The number of anilines is 1.